The monoisotopic (exact) mass is 377 g/mol. The summed E-state index contributed by atoms with van der Waals surface area (Å²) in [6.45, 7) is 5.06. The van der Waals surface area contributed by atoms with Crippen LogP contribution >= 0.6 is 0 Å². The summed E-state index contributed by atoms with van der Waals surface area (Å²) in [4.78, 5) is 15.9. The van der Waals surface area contributed by atoms with Gasteiger partial charge >= 0.3 is 10.2 Å². The largest absolute Gasteiger partial charge is 0.358 e. The normalized spacial score (nSPS) is 16.1. The van der Waals surface area contributed by atoms with E-state index >= 15 is 0 Å². The zero-order valence-corrected chi connectivity index (χ0v) is 16.3. The second kappa shape index (κ2) is 7.80. The van der Waals surface area contributed by atoms with Crippen molar-refractivity contribution in [2.75, 3.05) is 13.1 Å². The van der Waals surface area contributed by atoms with Crippen molar-refractivity contribution >= 4 is 27.0 Å². The Morgan fingerprint density at radius 3 is 2.65 bits per heavy atom. The molecule has 0 unspecified atom stereocenters. The first-order chi connectivity index (χ1) is 12.4. The van der Waals surface area contributed by atoms with Crippen molar-refractivity contribution in [3.8, 4) is 0 Å². The van der Waals surface area contributed by atoms with E-state index in [-0.39, 0.29) is 6.42 Å². The van der Waals surface area contributed by atoms with E-state index in [1.54, 1.807) is 0 Å². The first kappa shape index (κ1) is 18.9. The maximum Gasteiger partial charge on any atom is 0.303 e. The highest BCUT2D eigenvalue weighted by molar-refractivity contribution is 7.87. The summed E-state index contributed by atoms with van der Waals surface area (Å²) in [7, 11) is -3.75. The highest BCUT2D eigenvalue weighted by atomic mass is 32.2. The summed E-state index contributed by atoms with van der Waals surface area (Å²) >= 11 is 0. The Hall–Kier alpha value is -1.86. The Morgan fingerprint density at radius 2 is 1.96 bits per heavy atom. The molecule has 2 aromatic rings. The number of rotatable bonds is 6. The quantitative estimate of drug-likeness (QED) is 0.812. The molecule has 1 saturated heterocycles. The van der Waals surface area contributed by atoms with Crippen LogP contribution in [-0.2, 0) is 27.8 Å². The van der Waals surface area contributed by atoms with Crippen LogP contribution in [0.25, 0.3) is 10.9 Å². The van der Waals surface area contributed by atoms with Gasteiger partial charge in [0.15, 0.2) is 0 Å². The van der Waals surface area contributed by atoms with Crippen LogP contribution in [0.2, 0.25) is 0 Å². The molecule has 0 atom stereocenters. The maximum absolute atomic E-state index is 12.5. The Balaban J connectivity index is 1.82. The van der Waals surface area contributed by atoms with Gasteiger partial charge in [-0.15, -0.1) is 0 Å². The zero-order valence-electron chi connectivity index (χ0n) is 15.5. The van der Waals surface area contributed by atoms with Crippen molar-refractivity contribution in [1.29, 1.82) is 0 Å². The first-order valence-electron chi connectivity index (χ1n) is 9.31. The van der Waals surface area contributed by atoms with E-state index in [4.69, 9.17) is 0 Å². The van der Waals surface area contributed by atoms with Crippen LogP contribution in [0.5, 0.6) is 0 Å². The highest BCUT2D eigenvalue weighted by Gasteiger charge is 2.26. The molecule has 1 aliphatic heterocycles. The number of nitrogens with zero attached hydrogens (tertiary/aromatic N) is 1. The third-order valence-electron chi connectivity index (χ3n) is 4.89. The number of aromatic amines is 1. The third kappa shape index (κ3) is 4.10. The molecule has 1 aromatic carbocycles. The predicted octanol–water partition coefficient (Wildman–Crippen LogP) is 2.82. The van der Waals surface area contributed by atoms with Gasteiger partial charge in [-0.3, -0.25) is 4.79 Å². The van der Waals surface area contributed by atoms with Crippen LogP contribution in [0.3, 0.4) is 0 Å². The molecule has 6 nitrogen and oxygen atoms in total. The standard InChI is InChI=1S/C19H27N3O3S/c1-3-7-17-16(15-12-14(2)8-9-18(15)20-17)13-19(23)21-26(24,25)22-10-5-4-6-11-22/h8-9,12,20H,3-7,10-11,13H2,1-2H3,(H,21,23). The number of amides is 1. The summed E-state index contributed by atoms with van der Waals surface area (Å²) in [6.07, 6.45) is 4.57. The lowest BCUT2D eigenvalue weighted by atomic mass is 10.0. The molecule has 0 spiro atoms. The lowest BCUT2D eigenvalue weighted by Crippen LogP contribution is -2.46. The van der Waals surface area contributed by atoms with Crippen molar-refractivity contribution in [1.82, 2.24) is 14.0 Å². The fraction of sp³-hybridized carbons (Fsp3) is 0.526. The fourth-order valence-corrected chi connectivity index (χ4v) is 4.82. The fourth-order valence-electron chi connectivity index (χ4n) is 3.59. The molecule has 1 aliphatic rings. The molecule has 1 amide bonds. The van der Waals surface area contributed by atoms with E-state index < -0.39 is 16.1 Å². The van der Waals surface area contributed by atoms with Crippen molar-refractivity contribution in [2.24, 2.45) is 0 Å². The molecule has 0 aliphatic carbocycles. The molecule has 0 radical (unpaired) electrons. The highest BCUT2D eigenvalue weighted by Crippen LogP contribution is 2.25. The second-order valence-electron chi connectivity index (χ2n) is 7.05. The lowest BCUT2D eigenvalue weighted by molar-refractivity contribution is -0.118. The van der Waals surface area contributed by atoms with E-state index in [0.717, 1.165) is 59.8 Å². The Labute approximate surface area is 155 Å². The van der Waals surface area contributed by atoms with E-state index in [2.05, 4.69) is 16.6 Å². The number of fused-ring (bicyclic) bond motifs is 1. The molecule has 1 fully saturated rings. The number of carbonyl (C=O) groups excluding carboxylic acids is 1. The van der Waals surface area contributed by atoms with Crippen molar-refractivity contribution in [3.05, 3.63) is 35.0 Å². The number of piperidine rings is 1. The van der Waals surface area contributed by atoms with Crippen LogP contribution in [0.15, 0.2) is 18.2 Å². The number of H-pyrrole nitrogens is 1. The number of aromatic nitrogens is 1. The van der Waals surface area contributed by atoms with Crippen LogP contribution in [-0.4, -0.2) is 36.7 Å². The van der Waals surface area contributed by atoms with Gasteiger partial charge in [0, 0.05) is 29.7 Å². The Bertz CT molecular complexity index is 896. The van der Waals surface area contributed by atoms with E-state index in [1.807, 2.05) is 25.1 Å². The van der Waals surface area contributed by atoms with Crippen LogP contribution in [0.4, 0.5) is 0 Å². The summed E-state index contributed by atoms with van der Waals surface area (Å²) in [5, 5.41) is 0.999. The summed E-state index contributed by atoms with van der Waals surface area (Å²) < 4.78 is 28.5. The average Bonchev–Trinajstić information content (AvgIpc) is 2.92. The smallest absolute Gasteiger partial charge is 0.303 e. The topological polar surface area (TPSA) is 82.3 Å². The van der Waals surface area contributed by atoms with Gasteiger partial charge in [0.1, 0.15) is 0 Å². The molecule has 3 rings (SSSR count). The summed E-state index contributed by atoms with van der Waals surface area (Å²) in [5.74, 6) is -0.477. The van der Waals surface area contributed by atoms with Gasteiger partial charge in [0.25, 0.3) is 0 Å². The van der Waals surface area contributed by atoms with E-state index in [0.29, 0.717) is 13.1 Å². The molecular weight excluding hydrogens is 350 g/mol. The number of carbonyl (C=O) groups is 1. The number of benzene rings is 1. The van der Waals surface area contributed by atoms with Gasteiger partial charge < -0.3 is 4.98 Å². The van der Waals surface area contributed by atoms with Gasteiger partial charge in [-0.25, -0.2) is 4.72 Å². The Morgan fingerprint density at radius 1 is 1.23 bits per heavy atom. The summed E-state index contributed by atoms with van der Waals surface area (Å²) in [6, 6.07) is 6.08. The zero-order chi connectivity index (χ0) is 18.7. The van der Waals surface area contributed by atoms with Gasteiger partial charge in [-0.1, -0.05) is 31.4 Å². The number of hydrogen-bond donors (Lipinski definition) is 2. The number of hydrogen-bond acceptors (Lipinski definition) is 3. The van der Waals surface area contributed by atoms with Gasteiger partial charge in [-0.05, 0) is 43.9 Å². The van der Waals surface area contributed by atoms with Gasteiger partial charge in [0.2, 0.25) is 5.91 Å². The third-order valence-corrected chi connectivity index (χ3v) is 6.42. The predicted molar refractivity (Wildman–Crippen MR) is 103 cm³/mol. The van der Waals surface area contributed by atoms with E-state index in [1.165, 1.54) is 4.31 Å². The van der Waals surface area contributed by atoms with Crippen molar-refractivity contribution in [3.63, 3.8) is 0 Å². The average molecular weight is 378 g/mol. The van der Waals surface area contributed by atoms with Gasteiger partial charge in [0.05, 0.1) is 6.42 Å². The first-order valence-corrected chi connectivity index (χ1v) is 10.8. The molecule has 0 bridgehead atoms. The molecule has 142 valence electrons. The minimum Gasteiger partial charge on any atom is -0.358 e. The van der Waals surface area contributed by atoms with Crippen LogP contribution < -0.4 is 4.72 Å². The number of aryl methyl sites for hydroxylation is 2. The molecular formula is C19H27N3O3S. The summed E-state index contributed by atoms with van der Waals surface area (Å²) in [5.41, 5.74) is 4.01. The molecule has 1 aromatic heterocycles. The van der Waals surface area contributed by atoms with Crippen molar-refractivity contribution in [2.45, 2.75) is 52.4 Å². The van der Waals surface area contributed by atoms with Crippen molar-refractivity contribution < 1.29 is 13.2 Å². The molecule has 7 heteroatoms. The molecule has 26 heavy (non-hydrogen) atoms. The lowest BCUT2D eigenvalue weighted by Gasteiger charge is -2.25. The number of nitrogens with one attached hydrogen (secondary N) is 2. The van der Waals surface area contributed by atoms with E-state index in [9.17, 15) is 13.2 Å². The maximum atomic E-state index is 12.5. The van der Waals surface area contributed by atoms with Gasteiger partial charge in [-0.2, -0.15) is 12.7 Å². The SMILES string of the molecule is CCCc1[nH]c2ccc(C)cc2c1CC(=O)NS(=O)(=O)N1CCCCC1. The molecule has 2 heterocycles. The minimum atomic E-state index is -3.75. The second-order valence-corrected chi connectivity index (χ2v) is 8.72. The minimum absolute atomic E-state index is 0.0614. The molecule has 0 saturated carbocycles. The van der Waals surface area contributed by atoms with Crippen LogP contribution in [0.1, 0.15) is 49.4 Å². The van der Waals surface area contributed by atoms with Crippen LogP contribution in [0, 0.1) is 6.92 Å². The molecule has 2 N–H and O–H groups in total. The Kier molecular flexibility index (Phi) is 5.67.